The normalized spacial score (nSPS) is 25.5. The Bertz CT molecular complexity index is 364. The van der Waals surface area contributed by atoms with Crippen LogP contribution in [0, 0.1) is 5.92 Å². The van der Waals surface area contributed by atoms with Crippen LogP contribution in [0.25, 0.3) is 0 Å². The average Bonchev–Trinajstić information content (AvgIpc) is 3.43. The monoisotopic (exact) mass is 320 g/mol. The summed E-state index contributed by atoms with van der Waals surface area (Å²) in [7, 11) is 1.90. The van der Waals surface area contributed by atoms with E-state index in [0.29, 0.717) is 6.04 Å². The van der Waals surface area contributed by atoms with E-state index in [-0.39, 0.29) is 0 Å². The topological polar surface area (TPSA) is 39.7 Å². The smallest absolute Gasteiger partial charge is 0.191 e. The van der Waals surface area contributed by atoms with Gasteiger partial charge >= 0.3 is 0 Å². The second kappa shape index (κ2) is 8.91. The van der Waals surface area contributed by atoms with Gasteiger partial charge in [0.05, 0.1) is 0 Å². The molecule has 4 nitrogen and oxygen atoms in total. The first-order valence-corrected chi connectivity index (χ1v) is 10.1. The zero-order chi connectivity index (χ0) is 15.9. The predicted octanol–water partition coefficient (Wildman–Crippen LogP) is 3.14. The quantitative estimate of drug-likeness (QED) is 0.449. The van der Waals surface area contributed by atoms with Gasteiger partial charge in [-0.05, 0) is 44.4 Å². The second-order valence-electron chi connectivity index (χ2n) is 7.83. The Morgan fingerprint density at radius 2 is 1.74 bits per heavy atom. The summed E-state index contributed by atoms with van der Waals surface area (Å²) in [6.45, 7) is 3.60. The largest absolute Gasteiger partial charge is 0.356 e. The minimum absolute atomic E-state index is 0.601. The van der Waals surface area contributed by atoms with Gasteiger partial charge in [-0.2, -0.15) is 0 Å². The zero-order valence-electron chi connectivity index (χ0n) is 15.0. The molecule has 0 spiro atoms. The number of guanidine groups is 1. The number of hydrogen-bond acceptors (Lipinski definition) is 2. The van der Waals surface area contributed by atoms with Crippen LogP contribution in [0.2, 0.25) is 0 Å². The molecule has 0 aromatic rings. The minimum atomic E-state index is 0.601. The fourth-order valence-electron chi connectivity index (χ4n) is 4.25. The van der Waals surface area contributed by atoms with Crippen molar-refractivity contribution in [3.05, 3.63) is 0 Å². The van der Waals surface area contributed by atoms with E-state index in [2.05, 4.69) is 20.5 Å². The fraction of sp³-hybridized carbons (Fsp3) is 0.947. The van der Waals surface area contributed by atoms with Crippen molar-refractivity contribution >= 4 is 5.96 Å². The third-order valence-corrected chi connectivity index (χ3v) is 5.96. The van der Waals surface area contributed by atoms with Crippen molar-refractivity contribution in [2.75, 3.05) is 26.7 Å². The van der Waals surface area contributed by atoms with Crippen LogP contribution in [0.4, 0.5) is 0 Å². The number of nitrogens with one attached hydrogen (secondary N) is 2. The molecule has 0 radical (unpaired) electrons. The SMILES string of the molecule is CN=C(NCCCC1CC1)NC1CCN(C2CCCCC2)CC1. The highest BCUT2D eigenvalue weighted by Gasteiger charge is 2.26. The van der Waals surface area contributed by atoms with E-state index in [9.17, 15) is 0 Å². The third-order valence-electron chi connectivity index (χ3n) is 5.96. The minimum Gasteiger partial charge on any atom is -0.356 e. The van der Waals surface area contributed by atoms with Crippen molar-refractivity contribution in [2.45, 2.75) is 82.7 Å². The van der Waals surface area contributed by atoms with Gasteiger partial charge in [-0.25, -0.2) is 0 Å². The number of likely N-dealkylation sites (tertiary alicyclic amines) is 1. The molecule has 0 bridgehead atoms. The van der Waals surface area contributed by atoms with Gasteiger partial charge in [0.15, 0.2) is 5.96 Å². The summed E-state index contributed by atoms with van der Waals surface area (Å²) in [4.78, 5) is 7.16. The molecule has 3 rings (SSSR count). The van der Waals surface area contributed by atoms with Crippen LogP contribution in [0.3, 0.4) is 0 Å². The zero-order valence-corrected chi connectivity index (χ0v) is 15.0. The Kier molecular flexibility index (Phi) is 6.61. The first-order valence-electron chi connectivity index (χ1n) is 10.1. The molecule has 1 heterocycles. The lowest BCUT2D eigenvalue weighted by molar-refractivity contribution is 0.119. The van der Waals surface area contributed by atoms with Crippen LogP contribution >= 0.6 is 0 Å². The van der Waals surface area contributed by atoms with Gasteiger partial charge in [-0.1, -0.05) is 32.1 Å². The van der Waals surface area contributed by atoms with Crippen molar-refractivity contribution in [1.82, 2.24) is 15.5 Å². The summed E-state index contributed by atoms with van der Waals surface area (Å²) in [5, 5.41) is 7.14. The standard InChI is InChI=1S/C19H36N4/c1-20-19(21-13-5-6-16-9-10-16)22-17-11-14-23(15-12-17)18-7-3-2-4-8-18/h16-18H,2-15H2,1H3,(H2,20,21,22). The van der Waals surface area contributed by atoms with Crippen LogP contribution in [0.1, 0.15) is 70.6 Å². The molecule has 3 aliphatic rings. The van der Waals surface area contributed by atoms with Crippen molar-refractivity contribution in [3.63, 3.8) is 0 Å². The van der Waals surface area contributed by atoms with Gasteiger partial charge in [0, 0.05) is 38.8 Å². The molecule has 3 fully saturated rings. The summed E-state index contributed by atoms with van der Waals surface area (Å²) in [5.74, 6) is 2.05. The molecule has 1 saturated heterocycles. The highest BCUT2D eigenvalue weighted by atomic mass is 15.2. The van der Waals surface area contributed by atoms with Crippen molar-refractivity contribution in [2.24, 2.45) is 10.9 Å². The predicted molar refractivity (Wildman–Crippen MR) is 97.9 cm³/mol. The molecule has 2 saturated carbocycles. The Balaban J connectivity index is 1.31. The van der Waals surface area contributed by atoms with Gasteiger partial charge in [0.1, 0.15) is 0 Å². The number of nitrogens with zero attached hydrogens (tertiary/aromatic N) is 2. The van der Waals surface area contributed by atoms with Crippen molar-refractivity contribution < 1.29 is 0 Å². The molecule has 132 valence electrons. The summed E-state index contributed by atoms with van der Waals surface area (Å²) in [6, 6.07) is 1.48. The van der Waals surface area contributed by atoms with Gasteiger partial charge in [-0.15, -0.1) is 0 Å². The Morgan fingerprint density at radius 1 is 1.00 bits per heavy atom. The molecular weight excluding hydrogens is 284 g/mol. The van der Waals surface area contributed by atoms with E-state index < -0.39 is 0 Å². The van der Waals surface area contributed by atoms with E-state index in [1.165, 1.54) is 83.7 Å². The number of hydrogen-bond donors (Lipinski definition) is 2. The van der Waals surface area contributed by atoms with E-state index in [4.69, 9.17) is 0 Å². The molecule has 1 aliphatic heterocycles. The number of rotatable bonds is 6. The van der Waals surface area contributed by atoms with Crippen LogP contribution < -0.4 is 10.6 Å². The molecule has 2 N–H and O–H groups in total. The van der Waals surface area contributed by atoms with Gasteiger partial charge in [0.2, 0.25) is 0 Å². The molecule has 0 unspecified atom stereocenters. The van der Waals surface area contributed by atoms with Crippen LogP contribution in [-0.2, 0) is 0 Å². The summed E-state index contributed by atoms with van der Waals surface area (Å²) in [5.41, 5.74) is 0. The highest BCUT2D eigenvalue weighted by molar-refractivity contribution is 5.79. The summed E-state index contributed by atoms with van der Waals surface area (Å²) < 4.78 is 0. The lowest BCUT2D eigenvalue weighted by atomic mass is 9.92. The van der Waals surface area contributed by atoms with E-state index in [1.807, 2.05) is 7.05 Å². The Hall–Kier alpha value is -0.770. The average molecular weight is 321 g/mol. The Labute approximate surface area is 142 Å². The summed E-state index contributed by atoms with van der Waals surface area (Å²) in [6.07, 6.45) is 15.3. The van der Waals surface area contributed by atoms with E-state index >= 15 is 0 Å². The fourth-order valence-corrected chi connectivity index (χ4v) is 4.25. The molecule has 0 aromatic heterocycles. The maximum absolute atomic E-state index is 4.40. The van der Waals surface area contributed by atoms with Crippen molar-refractivity contribution in [3.8, 4) is 0 Å². The van der Waals surface area contributed by atoms with E-state index in [0.717, 1.165) is 24.5 Å². The van der Waals surface area contributed by atoms with Gasteiger partial charge in [0.25, 0.3) is 0 Å². The Morgan fingerprint density at radius 3 is 2.39 bits per heavy atom. The molecule has 4 heteroatoms. The molecule has 0 amide bonds. The molecule has 23 heavy (non-hydrogen) atoms. The van der Waals surface area contributed by atoms with Crippen LogP contribution in [-0.4, -0.2) is 49.6 Å². The number of piperidine rings is 1. The molecule has 2 aliphatic carbocycles. The number of aliphatic imine (C=N–C) groups is 1. The third kappa shape index (κ3) is 5.66. The van der Waals surface area contributed by atoms with E-state index in [1.54, 1.807) is 0 Å². The van der Waals surface area contributed by atoms with Crippen molar-refractivity contribution in [1.29, 1.82) is 0 Å². The first-order chi connectivity index (χ1) is 11.3. The maximum Gasteiger partial charge on any atom is 0.191 e. The van der Waals surface area contributed by atoms with Crippen LogP contribution in [0.5, 0.6) is 0 Å². The second-order valence-corrected chi connectivity index (χ2v) is 7.83. The molecule has 0 atom stereocenters. The highest BCUT2D eigenvalue weighted by Crippen LogP contribution is 2.33. The first kappa shape index (κ1) is 17.1. The lowest BCUT2D eigenvalue weighted by Gasteiger charge is -2.39. The molecule has 0 aromatic carbocycles. The maximum atomic E-state index is 4.40. The van der Waals surface area contributed by atoms with Gasteiger partial charge < -0.3 is 15.5 Å². The summed E-state index contributed by atoms with van der Waals surface area (Å²) >= 11 is 0. The molecular formula is C19H36N4. The lowest BCUT2D eigenvalue weighted by Crippen LogP contribution is -2.51. The van der Waals surface area contributed by atoms with Crippen LogP contribution in [0.15, 0.2) is 4.99 Å². The van der Waals surface area contributed by atoms with Gasteiger partial charge in [-0.3, -0.25) is 4.99 Å².